The molecule has 1 fully saturated rings. The molecule has 0 radical (unpaired) electrons. The Labute approximate surface area is 252 Å². The van der Waals surface area contributed by atoms with Crippen LogP contribution >= 0.6 is 0 Å². The van der Waals surface area contributed by atoms with Gasteiger partial charge < -0.3 is 35.6 Å². The van der Waals surface area contributed by atoms with Crippen LogP contribution in [0.1, 0.15) is 38.3 Å². The van der Waals surface area contributed by atoms with E-state index in [2.05, 4.69) is 21.3 Å². The number of nitrogens with one attached hydrogen (secondary N) is 4. The first-order valence-electron chi connectivity index (χ1n) is 14.6. The van der Waals surface area contributed by atoms with E-state index in [-0.39, 0.29) is 30.7 Å². The second kappa shape index (κ2) is 14.2. The Morgan fingerprint density at radius 2 is 1.84 bits per heavy atom. The second-order valence-electron chi connectivity index (χ2n) is 11.2. The summed E-state index contributed by atoms with van der Waals surface area (Å²) in [5.74, 6) is -0.812. The molecule has 1 saturated heterocycles. The Morgan fingerprint density at radius 1 is 1.09 bits per heavy atom. The van der Waals surface area contributed by atoms with Crippen LogP contribution in [0, 0.1) is 5.92 Å². The quantitative estimate of drug-likeness (QED) is 0.366. The number of rotatable bonds is 8. The first-order valence-corrected chi connectivity index (χ1v) is 14.6. The van der Waals surface area contributed by atoms with Gasteiger partial charge in [-0.05, 0) is 49.7 Å². The predicted octanol–water partition coefficient (Wildman–Crippen LogP) is 1.62. The third kappa shape index (κ3) is 7.53. The van der Waals surface area contributed by atoms with Crippen molar-refractivity contribution in [2.75, 3.05) is 20.7 Å². The average molecular weight is 592 g/mol. The van der Waals surface area contributed by atoms with Crippen LogP contribution in [0.5, 0.6) is 11.5 Å². The number of amides is 4. The van der Waals surface area contributed by atoms with Crippen LogP contribution in [0.3, 0.4) is 0 Å². The molecule has 230 valence electrons. The van der Waals surface area contributed by atoms with Crippen LogP contribution in [0.4, 0.5) is 0 Å². The lowest BCUT2D eigenvalue weighted by molar-refractivity contribution is -0.144. The summed E-state index contributed by atoms with van der Waals surface area (Å²) < 4.78 is 11.8. The van der Waals surface area contributed by atoms with Gasteiger partial charge in [0.1, 0.15) is 35.7 Å². The number of likely N-dealkylation sites (N-methyl/N-ethyl adjacent to an activating group) is 1. The fourth-order valence-electron chi connectivity index (χ4n) is 5.27. The van der Waals surface area contributed by atoms with Crippen molar-refractivity contribution in [1.29, 1.82) is 0 Å². The number of likely N-dealkylation sites (tertiary alicyclic amines) is 1. The molecule has 2 bridgehead atoms. The maximum atomic E-state index is 14.1. The summed E-state index contributed by atoms with van der Waals surface area (Å²) in [5.41, 5.74) is 1.53. The molecule has 0 saturated carbocycles. The summed E-state index contributed by atoms with van der Waals surface area (Å²) in [6, 6.07) is 11.3. The van der Waals surface area contributed by atoms with Gasteiger partial charge in [-0.15, -0.1) is 0 Å². The molecule has 4 rings (SSSR count). The van der Waals surface area contributed by atoms with Crippen molar-refractivity contribution in [2.45, 2.75) is 63.9 Å². The average Bonchev–Trinajstić information content (AvgIpc) is 3.42. The Hall–Kier alpha value is -4.38. The van der Waals surface area contributed by atoms with Gasteiger partial charge in [-0.1, -0.05) is 44.2 Å². The van der Waals surface area contributed by atoms with Gasteiger partial charge in [0.25, 0.3) is 0 Å². The van der Waals surface area contributed by atoms with E-state index in [9.17, 15) is 19.2 Å². The monoisotopic (exact) mass is 591 g/mol. The van der Waals surface area contributed by atoms with E-state index >= 15 is 0 Å². The van der Waals surface area contributed by atoms with Gasteiger partial charge >= 0.3 is 0 Å². The van der Waals surface area contributed by atoms with E-state index in [1.54, 1.807) is 45.4 Å². The lowest BCUT2D eigenvalue weighted by Gasteiger charge is -2.33. The summed E-state index contributed by atoms with van der Waals surface area (Å²) in [5, 5.41) is 11.4. The minimum absolute atomic E-state index is 0.237. The van der Waals surface area contributed by atoms with Crippen LogP contribution in [-0.2, 0) is 25.6 Å². The maximum absolute atomic E-state index is 14.1. The maximum Gasteiger partial charge on any atom is 0.247 e. The van der Waals surface area contributed by atoms with Gasteiger partial charge in [-0.25, -0.2) is 0 Å². The molecular weight excluding hydrogens is 550 g/mol. The molecule has 11 heteroatoms. The number of hydrogen-bond acceptors (Lipinski definition) is 7. The van der Waals surface area contributed by atoms with Crippen molar-refractivity contribution in [3.63, 3.8) is 0 Å². The molecule has 11 nitrogen and oxygen atoms in total. The first kappa shape index (κ1) is 31.6. The number of nitrogens with zero attached hydrogens (tertiary/aromatic N) is 1. The van der Waals surface area contributed by atoms with Crippen molar-refractivity contribution >= 4 is 29.7 Å². The van der Waals surface area contributed by atoms with Crippen molar-refractivity contribution < 1.29 is 28.7 Å². The molecule has 0 aromatic heterocycles. The normalized spacial score (nSPS) is 22.4. The summed E-state index contributed by atoms with van der Waals surface area (Å²) in [4.78, 5) is 55.7. The van der Waals surface area contributed by atoms with E-state index in [4.69, 9.17) is 9.47 Å². The molecule has 0 spiro atoms. The second-order valence-corrected chi connectivity index (χ2v) is 11.2. The number of methoxy groups -OCH3 is 1. The zero-order chi connectivity index (χ0) is 31.1. The van der Waals surface area contributed by atoms with Gasteiger partial charge in [0, 0.05) is 31.1 Å². The number of benzene rings is 2. The zero-order valence-corrected chi connectivity index (χ0v) is 25.3. The molecule has 5 atom stereocenters. The van der Waals surface area contributed by atoms with E-state index in [0.29, 0.717) is 23.5 Å². The molecule has 43 heavy (non-hydrogen) atoms. The molecule has 2 aromatic rings. The largest absolute Gasteiger partial charge is 0.496 e. The Morgan fingerprint density at radius 3 is 2.51 bits per heavy atom. The van der Waals surface area contributed by atoms with Crippen molar-refractivity contribution in [1.82, 2.24) is 26.2 Å². The van der Waals surface area contributed by atoms with Crippen LogP contribution in [-0.4, -0.2) is 79.5 Å². The van der Waals surface area contributed by atoms with E-state index in [1.807, 2.05) is 44.2 Å². The lowest BCUT2D eigenvalue weighted by Crippen LogP contribution is -2.60. The Kier molecular flexibility index (Phi) is 10.4. The Balaban J connectivity index is 1.71. The van der Waals surface area contributed by atoms with Gasteiger partial charge in [0.05, 0.1) is 13.2 Å². The Bertz CT molecular complexity index is 1350. The highest BCUT2D eigenvalue weighted by Crippen LogP contribution is 2.30. The number of carbonyl (C=O) groups is 4. The molecule has 2 heterocycles. The van der Waals surface area contributed by atoms with Gasteiger partial charge in [0.15, 0.2) is 0 Å². The van der Waals surface area contributed by atoms with Gasteiger partial charge in [0.2, 0.25) is 23.6 Å². The fraction of sp³-hybridized carbons (Fsp3) is 0.438. The summed E-state index contributed by atoms with van der Waals surface area (Å²) >= 11 is 0. The molecule has 4 N–H and O–H groups in total. The minimum Gasteiger partial charge on any atom is -0.496 e. The number of hydrogen-bond donors (Lipinski definition) is 4. The smallest absolute Gasteiger partial charge is 0.247 e. The number of fused-ring (bicyclic) bond motifs is 3. The first-order chi connectivity index (χ1) is 20.6. The molecule has 2 aliphatic rings. The lowest BCUT2D eigenvalue weighted by atomic mass is 10.0. The molecule has 2 aromatic carbocycles. The molecule has 5 unspecified atom stereocenters. The standard InChI is InChI=1S/C32H41N5O6/c1-19(2)27(36-29(38)20(3)33-4)32(41)37-16-14-26-28(37)31(40)35-24(17-21-9-7-6-8-10-21)30(39)34-15-13-22-18-23(43-26)11-12-25(22)42-5/h6-13,15,18-20,24,26-28,33H,14,16-17H2,1-5H3,(H,34,39)(H,35,40)(H,36,38)/b15-13-. The summed E-state index contributed by atoms with van der Waals surface area (Å²) in [6.07, 6.45) is 3.12. The van der Waals surface area contributed by atoms with Crippen LogP contribution in [0.15, 0.2) is 54.7 Å². The van der Waals surface area contributed by atoms with E-state index in [1.165, 1.54) is 11.1 Å². The van der Waals surface area contributed by atoms with Crippen molar-refractivity contribution in [3.8, 4) is 11.5 Å². The highest BCUT2D eigenvalue weighted by Gasteiger charge is 2.46. The summed E-state index contributed by atoms with van der Waals surface area (Å²) in [6.45, 7) is 5.62. The molecule has 4 amide bonds. The molecule has 0 aliphatic carbocycles. The molecule has 2 aliphatic heterocycles. The fourth-order valence-corrected chi connectivity index (χ4v) is 5.27. The third-order valence-electron chi connectivity index (χ3n) is 7.84. The summed E-state index contributed by atoms with van der Waals surface area (Å²) in [7, 11) is 3.22. The van der Waals surface area contributed by atoms with Crippen molar-refractivity contribution in [3.05, 3.63) is 65.9 Å². The molecular formula is C32H41N5O6. The van der Waals surface area contributed by atoms with Crippen LogP contribution in [0.25, 0.3) is 6.08 Å². The van der Waals surface area contributed by atoms with Crippen LogP contribution in [0.2, 0.25) is 0 Å². The van der Waals surface area contributed by atoms with Gasteiger partial charge in [-0.2, -0.15) is 0 Å². The SMILES string of the molecule is CNC(C)C(=O)NC(C(=O)N1CCC2Oc3ccc(OC)c(c3)/C=C\NC(=O)C(Cc3ccccc3)NC(=O)C21)C(C)C. The van der Waals surface area contributed by atoms with Crippen molar-refractivity contribution in [2.24, 2.45) is 5.92 Å². The topological polar surface area (TPSA) is 138 Å². The van der Waals surface area contributed by atoms with E-state index < -0.39 is 42.1 Å². The number of carbonyl (C=O) groups excluding carboxylic acids is 4. The zero-order valence-electron chi connectivity index (χ0n) is 25.3. The highest BCUT2D eigenvalue weighted by atomic mass is 16.5. The minimum atomic E-state index is -1.04. The third-order valence-corrected chi connectivity index (χ3v) is 7.84. The van der Waals surface area contributed by atoms with Gasteiger partial charge in [-0.3, -0.25) is 19.2 Å². The number of ether oxygens (including phenoxy) is 2. The van der Waals surface area contributed by atoms with Crippen LogP contribution < -0.4 is 30.7 Å². The van der Waals surface area contributed by atoms with E-state index in [0.717, 1.165) is 5.56 Å². The highest BCUT2D eigenvalue weighted by molar-refractivity contribution is 5.96. The predicted molar refractivity (Wildman–Crippen MR) is 162 cm³/mol.